The van der Waals surface area contributed by atoms with E-state index in [9.17, 15) is 35.6 Å². The Hall–Kier alpha value is -4.72. The molecule has 0 saturated heterocycles. The lowest BCUT2D eigenvalue weighted by atomic mass is 10.1. The standard InChI is InChI=1S/C30H27F4N5O4S/c1-2-3-16-38-27-26(28(40)39(29(38)41)18-20-6-4-5-7-24(20)31)35-25(36-27)17-19-8-12-22(13-9-19)37-44(42,43)23-14-10-21(11-15-23)30(32,33)34/h4-15,37H,2-3,16-18H2,1H3,(H,35,36). The van der Waals surface area contributed by atoms with Gasteiger partial charge in [-0.1, -0.05) is 43.7 Å². The molecule has 230 valence electrons. The number of sulfonamides is 1. The van der Waals surface area contributed by atoms with Crippen molar-refractivity contribution in [2.45, 2.75) is 50.3 Å². The second-order valence-electron chi connectivity index (χ2n) is 10.2. The third kappa shape index (κ3) is 6.44. The number of aromatic amines is 1. The van der Waals surface area contributed by atoms with Crippen molar-refractivity contribution < 1.29 is 26.0 Å². The van der Waals surface area contributed by atoms with Gasteiger partial charge in [-0.05, 0) is 54.4 Å². The van der Waals surface area contributed by atoms with E-state index in [-0.39, 0.29) is 40.3 Å². The van der Waals surface area contributed by atoms with Crippen LogP contribution in [0.2, 0.25) is 0 Å². The molecule has 9 nitrogen and oxygen atoms in total. The van der Waals surface area contributed by atoms with Gasteiger partial charge in [0.15, 0.2) is 5.65 Å². The Morgan fingerprint density at radius 2 is 1.61 bits per heavy atom. The summed E-state index contributed by atoms with van der Waals surface area (Å²) in [5, 5.41) is 0. The Morgan fingerprint density at radius 3 is 2.25 bits per heavy atom. The molecule has 0 aliphatic rings. The zero-order chi connectivity index (χ0) is 31.6. The molecular formula is C30H27F4N5O4S. The number of unbranched alkanes of at least 4 members (excludes halogenated alkanes) is 1. The fraction of sp³-hybridized carbons (Fsp3) is 0.233. The topological polar surface area (TPSA) is 119 Å². The number of nitrogens with one attached hydrogen (secondary N) is 2. The number of fused-ring (bicyclic) bond motifs is 1. The lowest BCUT2D eigenvalue weighted by molar-refractivity contribution is -0.137. The molecule has 5 rings (SSSR count). The number of aryl methyl sites for hydroxylation is 1. The van der Waals surface area contributed by atoms with Gasteiger partial charge in [0.05, 0.1) is 17.0 Å². The molecule has 5 aromatic rings. The van der Waals surface area contributed by atoms with Crippen molar-refractivity contribution in [1.29, 1.82) is 0 Å². The lowest BCUT2D eigenvalue weighted by Gasteiger charge is -2.11. The predicted molar refractivity (Wildman–Crippen MR) is 157 cm³/mol. The van der Waals surface area contributed by atoms with E-state index in [1.165, 1.54) is 34.9 Å². The van der Waals surface area contributed by atoms with Crippen LogP contribution in [0.15, 0.2) is 87.3 Å². The Kier molecular flexibility index (Phi) is 8.46. The molecule has 3 aromatic carbocycles. The smallest absolute Gasteiger partial charge is 0.336 e. The van der Waals surface area contributed by atoms with E-state index in [2.05, 4.69) is 14.7 Å². The van der Waals surface area contributed by atoms with Gasteiger partial charge in [-0.2, -0.15) is 13.2 Å². The summed E-state index contributed by atoms with van der Waals surface area (Å²) in [5.41, 5.74) is -0.824. The summed E-state index contributed by atoms with van der Waals surface area (Å²) in [6.45, 7) is 2.02. The van der Waals surface area contributed by atoms with Crippen LogP contribution in [0.4, 0.5) is 23.2 Å². The van der Waals surface area contributed by atoms with Crippen LogP contribution in [0.1, 0.15) is 42.3 Å². The number of imidazole rings is 1. The molecule has 2 N–H and O–H groups in total. The minimum absolute atomic E-state index is 0.105. The SMILES string of the molecule is CCCCn1c(=O)n(Cc2ccccc2F)c(=O)c2[nH]c(Cc3ccc(NS(=O)(=O)c4ccc(C(F)(F)F)cc4)cc3)nc21. The Bertz CT molecular complexity index is 2030. The van der Waals surface area contributed by atoms with Gasteiger partial charge in [-0.3, -0.25) is 18.7 Å². The van der Waals surface area contributed by atoms with Crippen LogP contribution >= 0.6 is 0 Å². The largest absolute Gasteiger partial charge is 0.416 e. The molecule has 0 aliphatic heterocycles. The summed E-state index contributed by atoms with van der Waals surface area (Å²) in [6, 6.07) is 15.3. The quantitative estimate of drug-likeness (QED) is 0.204. The number of aromatic nitrogens is 4. The zero-order valence-electron chi connectivity index (χ0n) is 23.4. The van der Waals surface area contributed by atoms with E-state index in [4.69, 9.17) is 0 Å². The highest BCUT2D eigenvalue weighted by molar-refractivity contribution is 7.92. The van der Waals surface area contributed by atoms with Crippen LogP contribution in [0.25, 0.3) is 11.2 Å². The van der Waals surface area contributed by atoms with Crippen LogP contribution in [-0.2, 0) is 35.7 Å². The third-order valence-corrected chi connectivity index (χ3v) is 8.40. The lowest BCUT2D eigenvalue weighted by Crippen LogP contribution is -2.40. The zero-order valence-corrected chi connectivity index (χ0v) is 24.2. The minimum atomic E-state index is -4.59. The van der Waals surface area contributed by atoms with E-state index in [0.29, 0.717) is 36.5 Å². The highest BCUT2D eigenvalue weighted by atomic mass is 32.2. The van der Waals surface area contributed by atoms with E-state index >= 15 is 0 Å². The van der Waals surface area contributed by atoms with Crippen molar-refractivity contribution in [2.24, 2.45) is 0 Å². The molecule has 0 spiro atoms. The van der Waals surface area contributed by atoms with Gasteiger partial charge in [0.25, 0.3) is 15.6 Å². The maximum atomic E-state index is 14.3. The molecule has 0 atom stereocenters. The number of alkyl halides is 3. The first-order valence-corrected chi connectivity index (χ1v) is 15.1. The van der Waals surface area contributed by atoms with Crippen molar-refractivity contribution in [3.8, 4) is 0 Å². The van der Waals surface area contributed by atoms with Gasteiger partial charge < -0.3 is 4.98 Å². The van der Waals surface area contributed by atoms with Crippen molar-refractivity contribution in [2.75, 3.05) is 4.72 Å². The molecule has 44 heavy (non-hydrogen) atoms. The third-order valence-electron chi connectivity index (χ3n) is 7.00. The average Bonchev–Trinajstić information content (AvgIpc) is 3.40. The first kappa shape index (κ1) is 30.7. The van der Waals surface area contributed by atoms with Crippen molar-refractivity contribution in [3.05, 3.63) is 122 Å². The highest BCUT2D eigenvalue weighted by Gasteiger charge is 2.30. The van der Waals surface area contributed by atoms with Crippen LogP contribution in [-0.4, -0.2) is 27.5 Å². The molecule has 2 aromatic heterocycles. The predicted octanol–water partition coefficient (Wildman–Crippen LogP) is 5.28. The summed E-state index contributed by atoms with van der Waals surface area (Å²) in [5.74, 6) is -0.155. The molecule has 0 amide bonds. The van der Waals surface area contributed by atoms with Crippen LogP contribution in [0.3, 0.4) is 0 Å². The molecule has 0 bridgehead atoms. The van der Waals surface area contributed by atoms with Crippen molar-refractivity contribution in [3.63, 3.8) is 0 Å². The van der Waals surface area contributed by atoms with E-state index in [1.54, 1.807) is 18.2 Å². The molecule has 0 radical (unpaired) electrons. The molecule has 0 aliphatic carbocycles. The Labute approximate surface area is 248 Å². The summed E-state index contributed by atoms with van der Waals surface area (Å²) in [7, 11) is -4.14. The summed E-state index contributed by atoms with van der Waals surface area (Å²) < 4.78 is 82.9. The second kappa shape index (κ2) is 12.1. The first-order chi connectivity index (χ1) is 20.9. The number of benzene rings is 3. The van der Waals surface area contributed by atoms with Gasteiger partial charge in [0, 0.05) is 24.2 Å². The summed E-state index contributed by atoms with van der Waals surface area (Å²) >= 11 is 0. The van der Waals surface area contributed by atoms with Gasteiger partial charge in [-0.25, -0.2) is 22.6 Å². The second-order valence-corrected chi connectivity index (χ2v) is 11.8. The maximum Gasteiger partial charge on any atom is 0.416 e. The highest BCUT2D eigenvalue weighted by Crippen LogP contribution is 2.30. The molecule has 14 heteroatoms. The molecular weight excluding hydrogens is 602 g/mol. The van der Waals surface area contributed by atoms with E-state index < -0.39 is 38.8 Å². The van der Waals surface area contributed by atoms with Crippen LogP contribution in [0, 0.1) is 5.82 Å². The molecule has 0 saturated carbocycles. The van der Waals surface area contributed by atoms with Gasteiger partial charge in [0.2, 0.25) is 0 Å². The normalized spacial score (nSPS) is 12.1. The minimum Gasteiger partial charge on any atom is -0.336 e. The van der Waals surface area contributed by atoms with Crippen LogP contribution in [0.5, 0.6) is 0 Å². The molecule has 0 unspecified atom stereocenters. The number of halogens is 4. The maximum absolute atomic E-state index is 14.3. The molecule has 0 fully saturated rings. The fourth-order valence-electron chi connectivity index (χ4n) is 4.67. The van der Waals surface area contributed by atoms with Gasteiger partial charge in [0.1, 0.15) is 17.2 Å². The molecule has 2 heterocycles. The van der Waals surface area contributed by atoms with Crippen molar-refractivity contribution >= 4 is 26.9 Å². The number of rotatable bonds is 10. The van der Waals surface area contributed by atoms with Crippen molar-refractivity contribution in [1.82, 2.24) is 19.1 Å². The van der Waals surface area contributed by atoms with Gasteiger partial charge in [-0.15, -0.1) is 0 Å². The monoisotopic (exact) mass is 629 g/mol. The fourth-order valence-corrected chi connectivity index (χ4v) is 5.73. The Morgan fingerprint density at radius 1 is 0.932 bits per heavy atom. The average molecular weight is 630 g/mol. The Balaban J connectivity index is 1.40. The number of H-pyrrole nitrogens is 1. The van der Waals surface area contributed by atoms with E-state index in [0.717, 1.165) is 23.1 Å². The number of anilines is 1. The van der Waals surface area contributed by atoms with E-state index in [1.807, 2.05) is 6.92 Å². The summed E-state index contributed by atoms with van der Waals surface area (Å²) in [4.78, 5) is 33.9. The van der Waals surface area contributed by atoms with Gasteiger partial charge >= 0.3 is 11.9 Å². The van der Waals surface area contributed by atoms with Crippen LogP contribution < -0.4 is 16.0 Å². The summed E-state index contributed by atoms with van der Waals surface area (Å²) in [6.07, 6.45) is -2.95. The number of hydrogen-bond donors (Lipinski definition) is 2. The number of nitrogens with zero attached hydrogens (tertiary/aromatic N) is 3. The number of hydrogen-bond acceptors (Lipinski definition) is 5. The first-order valence-electron chi connectivity index (χ1n) is 13.6.